The molecule has 1 amide bonds. The summed E-state index contributed by atoms with van der Waals surface area (Å²) >= 11 is 0. The SMILES string of the molecule is C[C@H](NC(=O)/C(C#N)=C\c1cccn1-c1ccccc1F)c1ccccc1. The van der Waals surface area contributed by atoms with Crippen molar-refractivity contribution in [3.63, 3.8) is 0 Å². The van der Waals surface area contributed by atoms with Crippen LogP contribution in [0.25, 0.3) is 11.8 Å². The summed E-state index contributed by atoms with van der Waals surface area (Å²) < 4.78 is 15.7. The lowest BCUT2D eigenvalue weighted by Crippen LogP contribution is -2.27. The van der Waals surface area contributed by atoms with Gasteiger partial charge in [-0.3, -0.25) is 4.79 Å². The van der Waals surface area contributed by atoms with Crippen LogP contribution in [0.5, 0.6) is 0 Å². The molecule has 0 unspecified atom stereocenters. The van der Waals surface area contributed by atoms with Crippen molar-refractivity contribution in [2.24, 2.45) is 0 Å². The number of rotatable bonds is 5. The molecule has 1 N–H and O–H groups in total. The standard InChI is InChI=1S/C22H18FN3O/c1-16(17-8-3-2-4-9-17)25-22(27)18(15-24)14-19-10-7-13-26(19)21-12-6-5-11-20(21)23/h2-14,16H,1H3,(H,25,27)/b18-14-/t16-/m0/s1. The number of hydrogen-bond donors (Lipinski definition) is 1. The highest BCUT2D eigenvalue weighted by Crippen LogP contribution is 2.19. The molecule has 0 aliphatic carbocycles. The van der Waals surface area contributed by atoms with Crippen LogP contribution in [0.1, 0.15) is 24.2 Å². The molecule has 0 aliphatic rings. The maximum atomic E-state index is 14.1. The van der Waals surface area contributed by atoms with Crippen LogP contribution in [-0.2, 0) is 4.79 Å². The first kappa shape index (κ1) is 18.2. The number of benzene rings is 2. The lowest BCUT2D eigenvalue weighted by molar-refractivity contribution is -0.117. The Kier molecular flexibility index (Phi) is 5.48. The van der Waals surface area contributed by atoms with E-state index in [0.29, 0.717) is 11.4 Å². The van der Waals surface area contributed by atoms with Gasteiger partial charge in [-0.1, -0.05) is 42.5 Å². The predicted octanol–water partition coefficient (Wildman–Crippen LogP) is 4.40. The van der Waals surface area contributed by atoms with E-state index in [1.165, 1.54) is 12.1 Å². The first-order valence-corrected chi connectivity index (χ1v) is 8.50. The summed E-state index contributed by atoms with van der Waals surface area (Å²) in [4.78, 5) is 12.5. The number of carbonyl (C=O) groups is 1. The Morgan fingerprint density at radius 1 is 1.11 bits per heavy atom. The van der Waals surface area contributed by atoms with Crippen LogP contribution in [0.15, 0.2) is 78.5 Å². The van der Waals surface area contributed by atoms with E-state index in [0.717, 1.165) is 5.56 Å². The molecule has 3 aromatic rings. The normalized spacial score (nSPS) is 12.3. The molecule has 0 bridgehead atoms. The Bertz CT molecular complexity index is 1020. The van der Waals surface area contributed by atoms with Crippen molar-refractivity contribution in [1.82, 2.24) is 9.88 Å². The van der Waals surface area contributed by atoms with Crippen molar-refractivity contribution in [2.45, 2.75) is 13.0 Å². The first-order chi connectivity index (χ1) is 13.1. The molecule has 4 nitrogen and oxygen atoms in total. The lowest BCUT2D eigenvalue weighted by atomic mass is 10.1. The fraction of sp³-hybridized carbons (Fsp3) is 0.0909. The Hall–Kier alpha value is -3.65. The highest BCUT2D eigenvalue weighted by atomic mass is 19.1. The minimum atomic E-state index is -0.477. The number of carbonyl (C=O) groups excluding carboxylic acids is 1. The molecule has 1 heterocycles. The van der Waals surface area contributed by atoms with E-state index >= 15 is 0 Å². The van der Waals surface area contributed by atoms with Gasteiger partial charge in [-0.15, -0.1) is 0 Å². The topological polar surface area (TPSA) is 57.8 Å². The van der Waals surface area contributed by atoms with Crippen LogP contribution in [0.3, 0.4) is 0 Å². The third-order valence-corrected chi connectivity index (χ3v) is 4.20. The molecule has 1 aromatic heterocycles. The summed E-state index contributed by atoms with van der Waals surface area (Å²) in [5.41, 5.74) is 1.79. The van der Waals surface area contributed by atoms with Gasteiger partial charge in [-0.25, -0.2) is 4.39 Å². The Morgan fingerprint density at radius 3 is 2.52 bits per heavy atom. The fourth-order valence-electron chi connectivity index (χ4n) is 2.77. The van der Waals surface area contributed by atoms with Crippen molar-refractivity contribution in [3.05, 3.63) is 95.6 Å². The average molecular weight is 359 g/mol. The molecule has 0 saturated carbocycles. The number of amides is 1. The molecule has 0 saturated heterocycles. The van der Waals surface area contributed by atoms with Crippen LogP contribution in [-0.4, -0.2) is 10.5 Å². The molecule has 0 spiro atoms. The molecular weight excluding hydrogens is 341 g/mol. The van der Waals surface area contributed by atoms with Gasteiger partial charge in [-0.2, -0.15) is 5.26 Å². The maximum absolute atomic E-state index is 14.1. The smallest absolute Gasteiger partial charge is 0.262 e. The molecule has 134 valence electrons. The van der Waals surface area contributed by atoms with E-state index in [1.54, 1.807) is 41.1 Å². The summed E-state index contributed by atoms with van der Waals surface area (Å²) in [6.45, 7) is 1.85. The Morgan fingerprint density at radius 2 is 1.81 bits per heavy atom. The van der Waals surface area contributed by atoms with Gasteiger partial charge in [-0.05, 0) is 42.8 Å². The highest BCUT2D eigenvalue weighted by molar-refractivity contribution is 6.01. The zero-order valence-corrected chi connectivity index (χ0v) is 14.8. The lowest BCUT2D eigenvalue weighted by Gasteiger charge is -2.14. The Labute approximate surface area is 157 Å². The highest BCUT2D eigenvalue weighted by Gasteiger charge is 2.15. The third-order valence-electron chi connectivity index (χ3n) is 4.20. The summed E-state index contributed by atoms with van der Waals surface area (Å²) in [6.07, 6.45) is 3.14. The van der Waals surface area contributed by atoms with Gasteiger partial charge < -0.3 is 9.88 Å². The van der Waals surface area contributed by atoms with E-state index in [4.69, 9.17) is 0 Å². The minimum absolute atomic E-state index is 0.0472. The number of nitrogens with zero attached hydrogens (tertiary/aromatic N) is 2. The minimum Gasteiger partial charge on any atom is -0.345 e. The third kappa shape index (κ3) is 4.13. The second-order valence-electron chi connectivity index (χ2n) is 6.03. The monoisotopic (exact) mass is 359 g/mol. The first-order valence-electron chi connectivity index (χ1n) is 8.50. The summed E-state index contributed by atoms with van der Waals surface area (Å²) in [5, 5.41) is 12.2. The Balaban J connectivity index is 1.86. The van der Waals surface area contributed by atoms with Crippen molar-refractivity contribution in [1.29, 1.82) is 5.26 Å². The van der Waals surface area contributed by atoms with E-state index in [1.807, 2.05) is 43.3 Å². The molecule has 2 aromatic carbocycles. The van der Waals surface area contributed by atoms with Gasteiger partial charge in [0.25, 0.3) is 5.91 Å². The van der Waals surface area contributed by atoms with E-state index in [-0.39, 0.29) is 17.4 Å². The largest absolute Gasteiger partial charge is 0.345 e. The molecule has 1 atom stereocenters. The maximum Gasteiger partial charge on any atom is 0.262 e. The second-order valence-corrected chi connectivity index (χ2v) is 6.03. The van der Waals surface area contributed by atoms with E-state index in [2.05, 4.69) is 5.32 Å². The van der Waals surface area contributed by atoms with Crippen LogP contribution >= 0.6 is 0 Å². The molecule has 0 radical (unpaired) electrons. The number of halogens is 1. The van der Waals surface area contributed by atoms with Gasteiger partial charge in [0, 0.05) is 11.9 Å². The zero-order chi connectivity index (χ0) is 19.2. The number of nitriles is 1. The van der Waals surface area contributed by atoms with Crippen LogP contribution < -0.4 is 5.32 Å². The number of nitrogens with one attached hydrogen (secondary N) is 1. The van der Waals surface area contributed by atoms with Crippen LogP contribution in [0.2, 0.25) is 0 Å². The van der Waals surface area contributed by atoms with Crippen molar-refractivity contribution >= 4 is 12.0 Å². The number of aromatic nitrogens is 1. The van der Waals surface area contributed by atoms with Gasteiger partial charge >= 0.3 is 0 Å². The van der Waals surface area contributed by atoms with Crippen molar-refractivity contribution in [2.75, 3.05) is 0 Å². The molecule has 0 aliphatic heterocycles. The summed E-state index contributed by atoms with van der Waals surface area (Å²) in [7, 11) is 0. The summed E-state index contributed by atoms with van der Waals surface area (Å²) in [6, 6.07) is 21.0. The van der Waals surface area contributed by atoms with E-state index < -0.39 is 5.91 Å². The molecular formula is C22H18FN3O. The molecule has 27 heavy (non-hydrogen) atoms. The second kappa shape index (κ2) is 8.15. The van der Waals surface area contributed by atoms with Crippen LogP contribution in [0.4, 0.5) is 4.39 Å². The quantitative estimate of drug-likeness (QED) is 0.542. The van der Waals surface area contributed by atoms with Gasteiger partial charge in [0.1, 0.15) is 17.5 Å². The molecule has 3 rings (SSSR count). The number of para-hydroxylation sites is 1. The van der Waals surface area contributed by atoms with Gasteiger partial charge in [0.05, 0.1) is 11.7 Å². The zero-order valence-electron chi connectivity index (χ0n) is 14.8. The van der Waals surface area contributed by atoms with Gasteiger partial charge in [0.2, 0.25) is 0 Å². The van der Waals surface area contributed by atoms with Gasteiger partial charge in [0.15, 0.2) is 0 Å². The van der Waals surface area contributed by atoms with E-state index in [9.17, 15) is 14.4 Å². The van der Waals surface area contributed by atoms with Crippen LogP contribution in [0, 0.1) is 17.1 Å². The van der Waals surface area contributed by atoms with Crippen molar-refractivity contribution < 1.29 is 9.18 Å². The fourth-order valence-corrected chi connectivity index (χ4v) is 2.77. The summed E-state index contributed by atoms with van der Waals surface area (Å²) in [5.74, 6) is -0.862. The van der Waals surface area contributed by atoms with Crippen molar-refractivity contribution in [3.8, 4) is 11.8 Å². The molecule has 0 fully saturated rings. The average Bonchev–Trinajstić information content (AvgIpc) is 3.15. The number of hydrogen-bond acceptors (Lipinski definition) is 2. The predicted molar refractivity (Wildman–Crippen MR) is 102 cm³/mol. The molecule has 5 heteroatoms.